The number of H-pyrrole nitrogens is 2. The maximum Gasteiger partial charge on any atom is 0.293 e. The van der Waals surface area contributed by atoms with Crippen molar-refractivity contribution < 1.29 is 0 Å². The summed E-state index contributed by atoms with van der Waals surface area (Å²) in [5, 5.41) is 8.45. The summed E-state index contributed by atoms with van der Waals surface area (Å²) >= 11 is 0. The summed E-state index contributed by atoms with van der Waals surface area (Å²) in [6.45, 7) is 0. The van der Waals surface area contributed by atoms with Crippen molar-refractivity contribution in [2.45, 2.75) is 43.9 Å². The minimum Gasteiger partial charge on any atom is -0.299 e. The van der Waals surface area contributed by atoms with Gasteiger partial charge < -0.3 is 0 Å². The van der Waals surface area contributed by atoms with E-state index in [1.54, 1.807) is 0 Å². The lowest BCUT2D eigenvalue weighted by atomic mass is 9.48. The maximum absolute atomic E-state index is 11.6. The third-order valence-electron chi connectivity index (χ3n) is 5.41. The third kappa shape index (κ3) is 1.25. The van der Waals surface area contributed by atoms with Crippen molar-refractivity contribution in [2.75, 3.05) is 0 Å². The molecule has 4 saturated carbocycles. The topological polar surface area (TPSA) is 78.1 Å². The van der Waals surface area contributed by atoms with E-state index in [0.29, 0.717) is 0 Å². The van der Waals surface area contributed by atoms with Crippen molar-refractivity contribution >= 4 is 5.69 Å². The Hall–Kier alpha value is -1.39. The summed E-state index contributed by atoms with van der Waals surface area (Å²) in [5.41, 5.74) is 0.547. The van der Waals surface area contributed by atoms with Crippen LogP contribution < -0.4 is 5.56 Å². The van der Waals surface area contributed by atoms with Gasteiger partial charge in [0, 0.05) is 5.41 Å². The average Bonchev–Trinajstić information content (AvgIpc) is 2.69. The predicted octanol–water partition coefficient (Wildman–Crippen LogP) is 2.57. The normalized spacial score (nSPS) is 41.2. The van der Waals surface area contributed by atoms with Crippen molar-refractivity contribution in [3.05, 3.63) is 21.0 Å². The summed E-state index contributed by atoms with van der Waals surface area (Å²) in [5.74, 6) is 2.36. The van der Waals surface area contributed by atoms with E-state index in [2.05, 4.69) is 15.4 Å². The van der Waals surface area contributed by atoms with Crippen LogP contribution in [0.4, 0.5) is 5.69 Å². The lowest BCUT2D eigenvalue weighted by Crippen LogP contribution is -2.48. The van der Waals surface area contributed by atoms with E-state index in [4.69, 9.17) is 0 Å². The smallest absolute Gasteiger partial charge is 0.293 e. The quantitative estimate of drug-likeness (QED) is 0.788. The molecule has 4 fully saturated rings. The van der Waals surface area contributed by atoms with E-state index < -0.39 is 0 Å². The second-order valence-electron chi connectivity index (χ2n) is 6.59. The van der Waals surface area contributed by atoms with Gasteiger partial charge in [-0.15, -0.1) is 4.91 Å². The second-order valence-corrected chi connectivity index (χ2v) is 6.59. The number of nitroso groups, excluding NO2 is 1. The number of rotatable bonds is 2. The Morgan fingerprint density at radius 1 is 1.00 bits per heavy atom. The molecule has 4 aliphatic rings. The molecule has 4 aliphatic carbocycles. The van der Waals surface area contributed by atoms with Crippen LogP contribution in [0.2, 0.25) is 0 Å². The largest absolute Gasteiger partial charge is 0.299 e. The Kier molecular flexibility index (Phi) is 1.95. The number of aromatic nitrogens is 2. The van der Waals surface area contributed by atoms with Crippen molar-refractivity contribution in [2.24, 2.45) is 22.9 Å². The monoisotopic (exact) mass is 247 g/mol. The molecule has 2 N–H and O–H groups in total. The van der Waals surface area contributed by atoms with Crippen molar-refractivity contribution in [1.82, 2.24) is 10.2 Å². The fourth-order valence-electron chi connectivity index (χ4n) is 5.24. The van der Waals surface area contributed by atoms with Crippen LogP contribution in [0, 0.1) is 22.7 Å². The Morgan fingerprint density at radius 2 is 1.56 bits per heavy atom. The molecule has 1 aromatic rings. The minimum atomic E-state index is -0.365. The number of hydrogen-bond donors (Lipinski definition) is 2. The first-order chi connectivity index (χ1) is 8.70. The highest BCUT2D eigenvalue weighted by molar-refractivity contribution is 5.45. The molecule has 0 saturated heterocycles. The van der Waals surface area contributed by atoms with Crippen molar-refractivity contribution in [3.8, 4) is 0 Å². The molecule has 0 spiro atoms. The van der Waals surface area contributed by atoms with Crippen LogP contribution >= 0.6 is 0 Å². The second kappa shape index (κ2) is 3.33. The lowest BCUT2D eigenvalue weighted by Gasteiger charge is -2.56. The maximum atomic E-state index is 11.6. The third-order valence-corrected chi connectivity index (χ3v) is 5.41. The molecular formula is C13H17N3O2. The van der Waals surface area contributed by atoms with Crippen LogP contribution in [0.25, 0.3) is 0 Å². The van der Waals surface area contributed by atoms with Crippen LogP contribution in [0.5, 0.6) is 0 Å². The van der Waals surface area contributed by atoms with Gasteiger partial charge in [0.2, 0.25) is 0 Å². The van der Waals surface area contributed by atoms with Crippen LogP contribution in [0.1, 0.15) is 44.2 Å². The standard InChI is InChI=1S/C13H17N3O2/c17-12-10(16-18)11(14-15-12)13-4-7-1-8(5-13)3-9(2-7)6-13/h7-9H,1-6H2,(H2,14,15,17). The zero-order valence-electron chi connectivity index (χ0n) is 10.2. The summed E-state index contributed by atoms with van der Waals surface area (Å²) in [7, 11) is 0. The molecule has 0 atom stereocenters. The molecule has 1 aromatic heterocycles. The van der Waals surface area contributed by atoms with Crippen LogP contribution in [0.15, 0.2) is 9.97 Å². The molecule has 5 heteroatoms. The highest BCUT2D eigenvalue weighted by Crippen LogP contribution is 2.61. The van der Waals surface area contributed by atoms with E-state index in [1.807, 2.05) is 0 Å². The number of nitrogens with zero attached hydrogens (tertiary/aromatic N) is 1. The van der Waals surface area contributed by atoms with Gasteiger partial charge in [0.05, 0.1) is 5.69 Å². The number of nitrogens with one attached hydrogen (secondary N) is 2. The first-order valence-corrected chi connectivity index (χ1v) is 6.85. The van der Waals surface area contributed by atoms with Gasteiger partial charge in [-0.05, 0) is 61.5 Å². The van der Waals surface area contributed by atoms with Gasteiger partial charge in [-0.3, -0.25) is 15.0 Å². The van der Waals surface area contributed by atoms with E-state index in [0.717, 1.165) is 42.7 Å². The van der Waals surface area contributed by atoms with Gasteiger partial charge in [0.25, 0.3) is 5.56 Å². The molecule has 5 nitrogen and oxygen atoms in total. The van der Waals surface area contributed by atoms with E-state index in [-0.39, 0.29) is 16.7 Å². The van der Waals surface area contributed by atoms with Gasteiger partial charge in [-0.25, -0.2) is 0 Å². The summed E-state index contributed by atoms with van der Waals surface area (Å²) in [6.07, 6.45) is 7.40. The van der Waals surface area contributed by atoms with Gasteiger partial charge >= 0.3 is 0 Å². The Morgan fingerprint density at radius 3 is 2.06 bits per heavy atom. The predicted molar refractivity (Wildman–Crippen MR) is 66.7 cm³/mol. The van der Waals surface area contributed by atoms with E-state index in [9.17, 15) is 9.70 Å². The van der Waals surface area contributed by atoms with E-state index in [1.165, 1.54) is 19.3 Å². The highest BCUT2D eigenvalue weighted by atomic mass is 16.3. The van der Waals surface area contributed by atoms with Crippen molar-refractivity contribution in [1.29, 1.82) is 0 Å². The molecule has 0 radical (unpaired) electrons. The van der Waals surface area contributed by atoms with Crippen LogP contribution in [-0.4, -0.2) is 10.2 Å². The van der Waals surface area contributed by atoms with Gasteiger partial charge in [-0.2, -0.15) is 0 Å². The molecule has 0 amide bonds. The summed E-state index contributed by atoms with van der Waals surface area (Å²) in [4.78, 5) is 22.5. The molecule has 0 unspecified atom stereocenters. The highest BCUT2D eigenvalue weighted by Gasteiger charge is 2.53. The van der Waals surface area contributed by atoms with Gasteiger partial charge in [-0.1, -0.05) is 0 Å². The molecule has 18 heavy (non-hydrogen) atoms. The SMILES string of the molecule is O=Nc1c(C23CC4CC(CC(C4)C2)C3)[nH][nH]c1=O. The first kappa shape index (κ1) is 10.5. The molecule has 5 rings (SSSR count). The van der Waals surface area contributed by atoms with Crippen molar-refractivity contribution in [3.63, 3.8) is 0 Å². The molecule has 1 heterocycles. The lowest BCUT2D eigenvalue weighted by molar-refractivity contribution is -0.00694. The first-order valence-electron chi connectivity index (χ1n) is 6.85. The van der Waals surface area contributed by atoms with Gasteiger partial charge in [0.1, 0.15) is 0 Å². The minimum absolute atomic E-state index is 0.0250. The Balaban J connectivity index is 1.83. The fourth-order valence-corrected chi connectivity index (χ4v) is 5.24. The zero-order chi connectivity index (χ0) is 12.3. The molecule has 4 bridgehead atoms. The molecule has 0 aromatic carbocycles. The molecular weight excluding hydrogens is 230 g/mol. The van der Waals surface area contributed by atoms with E-state index >= 15 is 0 Å². The fraction of sp³-hybridized carbons (Fsp3) is 0.769. The summed E-state index contributed by atoms with van der Waals surface area (Å²) in [6, 6.07) is 0. The average molecular weight is 247 g/mol. The van der Waals surface area contributed by atoms with Gasteiger partial charge in [0.15, 0.2) is 5.69 Å². The molecule has 0 aliphatic heterocycles. The number of aromatic amines is 2. The summed E-state index contributed by atoms with van der Waals surface area (Å²) < 4.78 is 0. The van der Waals surface area contributed by atoms with Crippen LogP contribution in [-0.2, 0) is 5.41 Å². The molecule has 96 valence electrons. The Labute approximate surface area is 104 Å². The zero-order valence-corrected chi connectivity index (χ0v) is 10.2. The Bertz CT molecular complexity index is 522. The number of hydrogen-bond acceptors (Lipinski definition) is 3. The van der Waals surface area contributed by atoms with Crippen LogP contribution in [0.3, 0.4) is 0 Å².